The van der Waals surface area contributed by atoms with Gasteiger partial charge in [0.25, 0.3) is 0 Å². The van der Waals surface area contributed by atoms with E-state index < -0.39 is 0 Å². The van der Waals surface area contributed by atoms with E-state index in [4.69, 9.17) is 5.73 Å². The lowest BCUT2D eigenvalue weighted by atomic mass is 9.87. The Morgan fingerprint density at radius 3 is 2.53 bits per heavy atom. The van der Waals surface area contributed by atoms with Crippen molar-refractivity contribution in [3.05, 3.63) is 35.4 Å². The Morgan fingerprint density at radius 2 is 2.00 bits per heavy atom. The fourth-order valence-corrected chi connectivity index (χ4v) is 2.31. The van der Waals surface area contributed by atoms with Crippen LogP contribution >= 0.6 is 0 Å². The van der Waals surface area contributed by atoms with Crippen LogP contribution in [0.1, 0.15) is 42.2 Å². The zero-order valence-electron chi connectivity index (χ0n) is 10.4. The van der Waals surface area contributed by atoms with Crippen molar-refractivity contribution in [3.8, 4) is 0 Å². The fourth-order valence-electron chi connectivity index (χ4n) is 2.31. The number of benzene rings is 1. The first-order valence-electron chi connectivity index (χ1n) is 6.18. The van der Waals surface area contributed by atoms with Crippen molar-refractivity contribution in [1.82, 2.24) is 5.32 Å². The van der Waals surface area contributed by atoms with Crippen LogP contribution in [0.2, 0.25) is 0 Å². The summed E-state index contributed by atoms with van der Waals surface area (Å²) in [7, 11) is 0. The summed E-state index contributed by atoms with van der Waals surface area (Å²) in [5.74, 6) is 0.650. The number of Topliss-reactive ketones (excluding diaryl/α,β-unsaturated/α-hetero) is 1. The van der Waals surface area contributed by atoms with Crippen LogP contribution in [0.5, 0.6) is 0 Å². The summed E-state index contributed by atoms with van der Waals surface area (Å²) in [6, 6.07) is 8.50. The maximum atomic E-state index is 11.2. The molecule has 1 saturated heterocycles. The zero-order valence-corrected chi connectivity index (χ0v) is 10.4. The van der Waals surface area contributed by atoms with E-state index in [1.54, 1.807) is 6.92 Å². The van der Waals surface area contributed by atoms with E-state index in [-0.39, 0.29) is 11.8 Å². The van der Waals surface area contributed by atoms with E-state index in [0.29, 0.717) is 12.0 Å². The molecule has 1 aliphatic rings. The van der Waals surface area contributed by atoms with Gasteiger partial charge in [-0.05, 0) is 24.8 Å². The summed E-state index contributed by atoms with van der Waals surface area (Å²) in [6.45, 7) is 4.65. The molecule has 3 N–H and O–H groups in total. The molecule has 3 heteroatoms. The van der Waals surface area contributed by atoms with E-state index in [0.717, 1.165) is 18.5 Å². The molecule has 0 bridgehead atoms. The van der Waals surface area contributed by atoms with Crippen LogP contribution in [0.3, 0.4) is 0 Å². The second kappa shape index (κ2) is 4.98. The molecule has 0 saturated carbocycles. The molecule has 0 aliphatic carbocycles. The number of rotatable bonds is 2. The number of nitrogens with one attached hydrogen (secondary N) is 1. The predicted octanol–water partition coefficient (Wildman–Crippen LogP) is 1.89. The highest BCUT2D eigenvalue weighted by Crippen LogP contribution is 2.26. The first kappa shape index (κ1) is 12.3. The van der Waals surface area contributed by atoms with Crippen molar-refractivity contribution in [2.45, 2.75) is 32.4 Å². The van der Waals surface area contributed by atoms with Crippen molar-refractivity contribution < 1.29 is 4.79 Å². The molecule has 3 unspecified atom stereocenters. The van der Waals surface area contributed by atoms with Gasteiger partial charge in [0.1, 0.15) is 0 Å². The highest BCUT2D eigenvalue weighted by Gasteiger charge is 2.25. The van der Waals surface area contributed by atoms with Crippen LogP contribution in [0.15, 0.2) is 24.3 Å². The van der Waals surface area contributed by atoms with Crippen LogP contribution in [0.4, 0.5) is 0 Å². The molecule has 1 aromatic carbocycles. The molecule has 0 aromatic heterocycles. The summed E-state index contributed by atoms with van der Waals surface area (Å²) in [5, 5.41) is 3.45. The minimum atomic E-state index is 0.114. The lowest BCUT2D eigenvalue weighted by Crippen LogP contribution is -2.46. The smallest absolute Gasteiger partial charge is 0.159 e. The largest absolute Gasteiger partial charge is 0.326 e. The van der Waals surface area contributed by atoms with Crippen LogP contribution < -0.4 is 11.1 Å². The lowest BCUT2D eigenvalue weighted by Gasteiger charge is -2.33. The molecule has 1 heterocycles. The van der Waals surface area contributed by atoms with Crippen LogP contribution in [-0.4, -0.2) is 18.4 Å². The van der Waals surface area contributed by atoms with Gasteiger partial charge in [-0.15, -0.1) is 0 Å². The van der Waals surface area contributed by atoms with Gasteiger partial charge in [-0.1, -0.05) is 31.2 Å². The molecule has 0 radical (unpaired) electrons. The minimum absolute atomic E-state index is 0.114. The molecule has 1 aromatic rings. The maximum Gasteiger partial charge on any atom is 0.159 e. The Hall–Kier alpha value is -1.19. The molecule has 3 nitrogen and oxygen atoms in total. The average molecular weight is 232 g/mol. The number of carbonyl (C=O) groups excluding carboxylic acids is 1. The summed E-state index contributed by atoms with van der Waals surface area (Å²) in [4.78, 5) is 11.2. The lowest BCUT2D eigenvalue weighted by molar-refractivity contribution is 0.101. The monoisotopic (exact) mass is 232 g/mol. The quantitative estimate of drug-likeness (QED) is 0.766. The second-order valence-electron chi connectivity index (χ2n) is 5.02. The van der Waals surface area contributed by atoms with Crippen molar-refractivity contribution >= 4 is 5.78 Å². The average Bonchev–Trinajstić information content (AvgIpc) is 2.33. The molecule has 17 heavy (non-hydrogen) atoms. The fraction of sp³-hybridized carbons (Fsp3) is 0.500. The van der Waals surface area contributed by atoms with Crippen LogP contribution in [0.25, 0.3) is 0 Å². The molecule has 1 aliphatic heterocycles. The third-order valence-corrected chi connectivity index (χ3v) is 3.66. The van der Waals surface area contributed by atoms with Gasteiger partial charge in [0.15, 0.2) is 5.78 Å². The van der Waals surface area contributed by atoms with Gasteiger partial charge in [0, 0.05) is 24.2 Å². The van der Waals surface area contributed by atoms with Gasteiger partial charge in [-0.25, -0.2) is 0 Å². The number of nitrogens with two attached hydrogens (primary N) is 1. The number of carbonyl (C=O) groups is 1. The highest BCUT2D eigenvalue weighted by atomic mass is 16.1. The Balaban J connectivity index is 2.10. The van der Waals surface area contributed by atoms with E-state index in [1.807, 2.05) is 24.3 Å². The first-order chi connectivity index (χ1) is 8.08. The first-order valence-corrected chi connectivity index (χ1v) is 6.18. The molecule has 0 spiro atoms. The summed E-state index contributed by atoms with van der Waals surface area (Å²) >= 11 is 0. The topological polar surface area (TPSA) is 55.1 Å². The standard InChI is InChI=1S/C14H20N2O/c1-9-7-14(16-8-13(9)15)12-5-3-11(4-6-12)10(2)17/h3-6,9,13-14,16H,7-8,15H2,1-2H3. The van der Waals surface area contributed by atoms with Gasteiger partial charge in [-0.2, -0.15) is 0 Å². The Bertz CT molecular complexity index is 399. The van der Waals surface area contributed by atoms with E-state index in [2.05, 4.69) is 12.2 Å². The summed E-state index contributed by atoms with van der Waals surface area (Å²) in [5.41, 5.74) is 7.99. The number of ketones is 1. The number of hydrogen-bond donors (Lipinski definition) is 2. The van der Waals surface area contributed by atoms with Crippen LogP contribution in [-0.2, 0) is 0 Å². The molecule has 1 fully saturated rings. The third-order valence-electron chi connectivity index (χ3n) is 3.66. The summed E-state index contributed by atoms with van der Waals surface area (Å²) in [6.07, 6.45) is 1.06. The number of piperidine rings is 1. The van der Waals surface area contributed by atoms with Gasteiger partial charge < -0.3 is 11.1 Å². The van der Waals surface area contributed by atoms with Crippen molar-refractivity contribution in [1.29, 1.82) is 0 Å². The number of hydrogen-bond acceptors (Lipinski definition) is 3. The van der Waals surface area contributed by atoms with Crippen molar-refractivity contribution in [2.24, 2.45) is 11.7 Å². The Labute approximate surface area is 102 Å². The molecular weight excluding hydrogens is 212 g/mol. The zero-order chi connectivity index (χ0) is 12.4. The molecular formula is C14H20N2O. The highest BCUT2D eigenvalue weighted by molar-refractivity contribution is 5.94. The molecule has 2 rings (SSSR count). The minimum Gasteiger partial charge on any atom is -0.326 e. The normalized spacial score (nSPS) is 29.0. The van der Waals surface area contributed by atoms with Crippen molar-refractivity contribution in [2.75, 3.05) is 6.54 Å². The van der Waals surface area contributed by atoms with Gasteiger partial charge >= 0.3 is 0 Å². The SMILES string of the molecule is CC(=O)c1ccc(C2CC(C)C(N)CN2)cc1. The molecule has 3 atom stereocenters. The second-order valence-corrected chi connectivity index (χ2v) is 5.02. The summed E-state index contributed by atoms with van der Waals surface area (Å²) < 4.78 is 0. The van der Waals surface area contributed by atoms with Gasteiger partial charge in [0.2, 0.25) is 0 Å². The Kier molecular flexibility index (Phi) is 3.60. The van der Waals surface area contributed by atoms with Gasteiger partial charge in [0.05, 0.1) is 0 Å². The third kappa shape index (κ3) is 2.73. The predicted molar refractivity (Wildman–Crippen MR) is 68.9 cm³/mol. The van der Waals surface area contributed by atoms with E-state index in [9.17, 15) is 4.79 Å². The van der Waals surface area contributed by atoms with Gasteiger partial charge in [-0.3, -0.25) is 4.79 Å². The van der Waals surface area contributed by atoms with Crippen molar-refractivity contribution in [3.63, 3.8) is 0 Å². The van der Waals surface area contributed by atoms with E-state index in [1.165, 1.54) is 5.56 Å². The molecule has 92 valence electrons. The molecule has 0 amide bonds. The van der Waals surface area contributed by atoms with E-state index >= 15 is 0 Å². The van der Waals surface area contributed by atoms with Crippen LogP contribution in [0, 0.1) is 5.92 Å². The maximum absolute atomic E-state index is 11.2. The Morgan fingerprint density at radius 1 is 1.35 bits per heavy atom.